The zero-order valence-electron chi connectivity index (χ0n) is 13.1. The highest BCUT2D eigenvalue weighted by Crippen LogP contribution is 2.70. The first-order valence-corrected chi connectivity index (χ1v) is 8.56. The predicted molar refractivity (Wildman–Crippen MR) is 83.4 cm³/mol. The monoisotopic (exact) mass is 294 g/mol. The number of hydrogen-bond acceptors (Lipinski definition) is 3. The van der Waals surface area contributed by atoms with Crippen molar-refractivity contribution in [3.63, 3.8) is 0 Å². The Morgan fingerprint density at radius 1 is 1.14 bits per heavy atom. The number of rotatable bonds is 4. The highest BCUT2D eigenvalue weighted by Gasteiger charge is 2.61. The van der Waals surface area contributed by atoms with E-state index >= 15 is 0 Å². The Morgan fingerprint density at radius 2 is 1.91 bits per heavy atom. The molecule has 0 saturated heterocycles. The molecule has 1 aromatic heterocycles. The van der Waals surface area contributed by atoms with Crippen LogP contribution >= 0.6 is 0 Å². The zero-order valence-corrected chi connectivity index (χ0v) is 13.1. The van der Waals surface area contributed by atoms with Crippen molar-refractivity contribution in [2.75, 3.05) is 0 Å². The SMILES string of the molecule is Cc1ccc(Cc2noc(CC34CC5CC(C3)C5C4)n2)cc1. The number of aromatic nitrogens is 2. The molecule has 0 aliphatic heterocycles. The predicted octanol–water partition coefficient (Wildman–Crippen LogP) is 3.95. The first-order chi connectivity index (χ1) is 10.7. The van der Waals surface area contributed by atoms with Gasteiger partial charge in [-0.05, 0) is 61.3 Å². The molecule has 3 aliphatic carbocycles. The van der Waals surface area contributed by atoms with Gasteiger partial charge in [-0.25, -0.2) is 0 Å². The van der Waals surface area contributed by atoms with E-state index in [2.05, 4.69) is 41.3 Å². The molecular formula is C19H22N2O. The smallest absolute Gasteiger partial charge is 0.227 e. The van der Waals surface area contributed by atoms with Crippen molar-refractivity contribution in [1.82, 2.24) is 10.1 Å². The van der Waals surface area contributed by atoms with Crippen molar-refractivity contribution in [2.45, 2.75) is 45.4 Å². The first-order valence-electron chi connectivity index (χ1n) is 8.56. The summed E-state index contributed by atoms with van der Waals surface area (Å²) in [5.41, 5.74) is 3.04. The number of aryl methyl sites for hydroxylation is 1. The van der Waals surface area contributed by atoms with Gasteiger partial charge < -0.3 is 4.52 Å². The Labute approximate surface area is 131 Å². The topological polar surface area (TPSA) is 38.9 Å². The summed E-state index contributed by atoms with van der Waals surface area (Å²) in [6, 6.07) is 8.57. The van der Waals surface area contributed by atoms with Crippen LogP contribution in [-0.2, 0) is 12.8 Å². The van der Waals surface area contributed by atoms with E-state index in [1.807, 2.05) is 0 Å². The van der Waals surface area contributed by atoms with Crippen molar-refractivity contribution in [3.05, 3.63) is 47.1 Å². The molecule has 0 amide bonds. The van der Waals surface area contributed by atoms with Crippen LogP contribution < -0.4 is 0 Å². The summed E-state index contributed by atoms with van der Waals surface area (Å²) in [7, 11) is 0. The van der Waals surface area contributed by atoms with E-state index in [1.165, 1.54) is 36.8 Å². The van der Waals surface area contributed by atoms with Crippen LogP contribution in [0.3, 0.4) is 0 Å². The van der Waals surface area contributed by atoms with Gasteiger partial charge in [0.1, 0.15) is 0 Å². The summed E-state index contributed by atoms with van der Waals surface area (Å²) in [6.07, 6.45) is 7.50. The molecule has 114 valence electrons. The maximum absolute atomic E-state index is 5.56. The van der Waals surface area contributed by atoms with Crippen molar-refractivity contribution in [2.24, 2.45) is 23.2 Å². The highest BCUT2D eigenvalue weighted by atomic mass is 16.5. The summed E-state index contributed by atoms with van der Waals surface area (Å²) in [5.74, 6) is 4.77. The minimum absolute atomic E-state index is 0.506. The molecule has 0 radical (unpaired) electrons. The molecule has 1 aromatic carbocycles. The van der Waals surface area contributed by atoms with E-state index in [9.17, 15) is 0 Å². The molecule has 2 atom stereocenters. The minimum Gasteiger partial charge on any atom is -0.339 e. The molecule has 2 unspecified atom stereocenters. The molecule has 1 heterocycles. The molecular weight excluding hydrogens is 272 g/mol. The fraction of sp³-hybridized carbons (Fsp3) is 0.579. The van der Waals surface area contributed by atoms with Crippen molar-refractivity contribution >= 4 is 0 Å². The summed E-state index contributed by atoms with van der Waals surface area (Å²) < 4.78 is 5.56. The zero-order chi connectivity index (χ0) is 14.7. The van der Waals surface area contributed by atoms with E-state index in [0.29, 0.717) is 5.41 Å². The van der Waals surface area contributed by atoms with Gasteiger partial charge in [-0.15, -0.1) is 0 Å². The minimum atomic E-state index is 0.506. The molecule has 2 bridgehead atoms. The van der Waals surface area contributed by atoms with Crippen molar-refractivity contribution in [1.29, 1.82) is 0 Å². The Hall–Kier alpha value is -1.64. The molecule has 3 nitrogen and oxygen atoms in total. The molecule has 3 fully saturated rings. The number of benzene rings is 1. The van der Waals surface area contributed by atoms with E-state index in [1.54, 1.807) is 0 Å². The van der Waals surface area contributed by atoms with Crippen LogP contribution in [0.5, 0.6) is 0 Å². The lowest BCUT2D eigenvalue weighted by molar-refractivity contribution is 0.0539. The normalized spacial score (nSPS) is 34.9. The van der Waals surface area contributed by atoms with Crippen LogP contribution in [0.1, 0.15) is 48.5 Å². The number of hydrogen-bond donors (Lipinski definition) is 0. The molecule has 22 heavy (non-hydrogen) atoms. The highest BCUT2D eigenvalue weighted by molar-refractivity contribution is 5.23. The molecule has 2 aromatic rings. The van der Waals surface area contributed by atoms with Gasteiger partial charge in [0.15, 0.2) is 5.82 Å². The van der Waals surface area contributed by atoms with E-state index < -0.39 is 0 Å². The van der Waals surface area contributed by atoms with Gasteiger partial charge in [-0.2, -0.15) is 4.98 Å². The summed E-state index contributed by atoms with van der Waals surface area (Å²) in [6.45, 7) is 2.11. The van der Waals surface area contributed by atoms with Crippen LogP contribution in [0.2, 0.25) is 0 Å². The summed E-state index contributed by atoms with van der Waals surface area (Å²) in [5, 5.41) is 4.20. The van der Waals surface area contributed by atoms with Crippen LogP contribution in [0.25, 0.3) is 0 Å². The average Bonchev–Trinajstić information content (AvgIpc) is 3.13. The lowest BCUT2D eigenvalue weighted by Crippen LogP contribution is -2.36. The van der Waals surface area contributed by atoms with E-state index in [4.69, 9.17) is 4.52 Å². The van der Waals surface area contributed by atoms with Gasteiger partial charge in [-0.1, -0.05) is 35.0 Å². The summed E-state index contributed by atoms with van der Waals surface area (Å²) in [4.78, 5) is 4.67. The van der Waals surface area contributed by atoms with Crippen LogP contribution in [0.15, 0.2) is 28.8 Å². The molecule has 3 saturated carbocycles. The van der Waals surface area contributed by atoms with Gasteiger partial charge >= 0.3 is 0 Å². The maximum atomic E-state index is 5.56. The van der Waals surface area contributed by atoms with Crippen LogP contribution in [0.4, 0.5) is 0 Å². The maximum Gasteiger partial charge on any atom is 0.227 e. The van der Waals surface area contributed by atoms with Gasteiger partial charge in [0, 0.05) is 12.8 Å². The second-order valence-electron chi connectivity index (χ2n) is 7.98. The second-order valence-corrected chi connectivity index (χ2v) is 7.98. The number of nitrogens with zero attached hydrogens (tertiary/aromatic N) is 2. The third-order valence-electron chi connectivity index (χ3n) is 6.39. The van der Waals surface area contributed by atoms with Crippen LogP contribution in [0, 0.1) is 30.1 Å². The molecule has 3 heteroatoms. The van der Waals surface area contributed by atoms with E-state index in [-0.39, 0.29) is 0 Å². The van der Waals surface area contributed by atoms with Gasteiger partial charge in [-0.3, -0.25) is 0 Å². The van der Waals surface area contributed by atoms with E-state index in [0.717, 1.165) is 42.3 Å². The molecule has 3 aliphatic rings. The quantitative estimate of drug-likeness (QED) is 0.857. The molecule has 5 rings (SSSR count). The molecule has 0 spiro atoms. The average molecular weight is 294 g/mol. The van der Waals surface area contributed by atoms with Gasteiger partial charge in [0.05, 0.1) is 0 Å². The number of fused-ring (bicyclic) bond motifs is 1. The van der Waals surface area contributed by atoms with Crippen LogP contribution in [-0.4, -0.2) is 10.1 Å². The molecule has 0 N–H and O–H groups in total. The Morgan fingerprint density at radius 3 is 2.59 bits per heavy atom. The Bertz CT molecular complexity index is 685. The lowest BCUT2D eigenvalue weighted by Gasteiger charge is -2.44. The Kier molecular flexibility index (Phi) is 2.59. The lowest BCUT2D eigenvalue weighted by atomic mass is 9.61. The fourth-order valence-corrected chi connectivity index (χ4v) is 5.45. The van der Waals surface area contributed by atoms with Crippen molar-refractivity contribution in [3.8, 4) is 0 Å². The van der Waals surface area contributed by atoms with Gasteiger partial charge in [0.25, 0.3) is 0 Å². The third-order valence-corrected chi connectivity index (χ3v) is 6.39. The first kappa shape index (κ1) is 12.9. The third kappa shape index (κ3) is 1.94. The largest absolute Gasteiger partial charge is 0.339 e. The second kappa shape index (κ2) is 4.43. The summed E-state index contributed by atoms with van der Waals surface area (Å²) >= 11 is 0. The Balaban J connectivity index is 1.29. The fourth-order valence-electron chi connectivity index (χ4n) is 5.45. The van der Waals surface area contributed by atoms with Gasteiger partial charge in [0.2, 0.25) is 5.89 Å². The van der Waals surface area contributed by atoms with Crippen molar-refractivity contribution < 1.29 is 4.52 Å². The standard InChI is InChI=1S/C19H22N2O/c1-12-2-4-13(5-3-12)6-17-20-18(22-21-17)11-19-8-14-7-15(9-19)16(14)10-19/h2-5,14-16H,6-11H2,1H3.